The van der Waals surface area contributed by atoms with E-state index >= 15 is 0 Å². The molecule has 0 atom stereocenters. The zero-order valence-corrected chi connectivity index (χ0v) is 23.4. The fourth-order valence-electron chi connectivity index (χ4n) is 4.25. The van der Waals surface area contributed by atoms with Gasteiger partial charge in [0, 0.05) is 24.7 Å². The molecule has 15 nitrogen and oxygen atoms in total. The van der Waals surface area contributed by atoms with Crippen LogP contribution in [0, 0.1) is 0 Å². The number of hydrogen-bond acceptors (Lipinski definition) is 11. The molecule has 0 aliphatic rings. The number of aromatic hydroxyl groups is 1. The van der Waals surface area contributed by atoms with E-state index in [-0.39, 0.29) is 11.1 Å². The molecule has 0 aromatic heterocycles. The minimum absolute atomic E-state index is 0.0374. The number of nitrogens with zero attached hydrogens (tertiary/aromatic N) is 3. The first-order chi connectivity index (χ1) is 19.0. The quantitative estimate of drug-likeness (QED) is 0.113. The second-order valence-corrected chi connectivity index (χ2v) is 12.6. The van der Waals surface area contributed by atoms with E-state index in [4.69, 9.17) is 0 Å². The third-order valence-electron chi connectivity index (χ3n) is 5.86. The number of rotatable bonds is 7. The van der Waals surface area contributed by atoms with Crippen LogP contribution in [0.15, 0.2) is 79.5 Å². The molecule has 0 heterocycles. The maximum Gasteiger partial charge on any atom is 0.297 e. The smallest absolute Gasteiger partial charge is 0.297 e. The Bertz CT molecular complexity index is 2110. The summed E-state index contributed by atoms with van der Waals surface area (Å²) in [7, 11) is -14.0. The first-order valence-corrected chi connectivity index (χ1v) is 15.5. The average molecular weight is 625 g/mol. The molecule has 0 bridgehead atoms. The molecule has 0 aliphatic heterocycles. The first-order valence-electron chi connectivity index (χ1n) is 11.1. The molecule has 0 unspecified atom stereocenters. The third-order valence-corrected chi connectivity index (χ3v) is 8.59. The van der Waals surface area contributed by atoms with Crippen molar-refractivity contribution in [1.29, 1.82) is 0 Å². The first kappa shape index (κ1) is 29.9. The second kappa shape index (κ2) is 10.4. The Morgan fingerprint density at radius 1 is 0.805 bits per heavy atom. The van der Waals surface area contributed by atoms with E-state index in [1.165, 1.54) is 25.2 Å². The molecule has 0 aliphatic carbocycles. The standard InChI is InChI=1S/C23H20N4O11S3/c1-12(28)27(24-2)17-9-10-18(39(30,31)32)15-11-19(40(33,34)35)21(22(29)20(15)17)26-25-16-8-7-13-5-3-4-6-14(13)23(16)41(36,37)38/h3-11,24,29H,1-2H3,(H,30,31,32)(H,33,34,35)(H,36,37,38). The number of hydrazine groups is 1. The van der Waals surface area contributed by atoms with E-state index in [9.17, 15) is 48.8 Å². The van der Waals surface area contributed by atoms with Crippen molar-refractivity contribution in [1.82, 2.24) is 5.43 Å². The van der Waals surface area contributed by atoms with Gasteiger partial charge in [0.25, 0.3) is 30.4 Å². The minimum atomic E-state index is -5.30. The van der Waals surface area contributed by atoms with Crippen molar-refractivity contribution in [3.63, 3.8) is 0 Å². The van der Waals surface area contributed by atoms with Crippen LogP contribution in [-0.4, -0.2) is 57.0 Å². The van der Waals surface area contributed by atoms with E-state index in [2.05, 4.69) is 15.7 Å². The number of benzene rings is 4. The highest BCUT2D eigenvalue weighted by Gasteiger charge is 2.29. The van der Waals surface area contributed by atoms with Crippen LogP contribution in [0.2, 0.25) is 0 Å². The molecular weight excluding hydrogens is 604 g/mol. The Morgan fingerprint density at radius 2 is 1.44 bits per heavy atom. The molecule has 4 aromatic rings. The van der Waals surface area contributed by atoms with Crippen LogP contribution in [0.5, 0.6) is 5.75 Å². The van der Waals surface area contributed by atoms with Crippen molar-refractivity contribution >= 4 is 74.9 Å². The molecule has 0 saturated carbocycles. The van der Waals surface area contributed by atoms with Gasteiger partial charge in [-0.2, -0.15) is 25.3 Å². The number of nitrogens with one attached hydrogen (secondary N) is 1. The molecule has 216 valence electrons. The molecule has 41 heavy (non-hydrogen) atoms. The summed E-state index contributed by atoms with van der Waals surface area (Å²) in [4.78, 5) is 9.47. The Labute approximate surface area is 233 Å². The van der Waals surface area contributed by atoms with Gasteiger partial charge in [0.1, 0.15) is 26.1 Å². The summed E-state index contributed by atoms with van der Waals surface area (Å²) in [6.07, 6.45) is 0. The van der Waals surface area contributed by atoms with Gasteiger partial charge in [-0.05, 0) is 29.7 Å². The number of hydrogen-bond donors (Lipinski definition) is 5. The topological polar surface area (TPSA) is 240 Å². The van der Waals surface area contributed by atoms with Crippen molar-refractivity contribution < 1.29 is 48.8 Å². The predicted molar refractivity (Wildman–Crippen MR) is 145 cm³/mol. The number of carbonyl (C=O) groups is 1. The van der Waals surface area contributed by atoms with Crippen LogP contribution in [0.4, 0.5) is 17.1 Å². The summed E-state index contributed by atoms with van der Waals surface area (Å²) >= 11 is 0. The van der Waals surface area contributed by atoms with E-state index in [0.717, 1.165) is 30.1 Å². The maximum absolute atomic E-state index is 12.3. The highest BCUT2D eigenvalue weighted by molar-refractivity contribution is 7.86. The summed E-state index contributed by atoms with van der Waals surface area (Å²) < 4.78 is 103. The number of carbonyl (C=O) groups excluding carboxylic acids is 1. The molecule has 5 N–H and O–H groups in total. The molecule has 0 spiro atoms. The molecule has 4 rings (SSSR count). The number of phenolic OH excluding ortho intramolecular Hbond substituents is 1. The molecule has 0 saturated heterocycles. The summed E-state index contributed by atoms with van der Waals surface area (Å²) in [6, 6.07) is 11.0. The molecule has 18 heteroatoms. The minimum Gasteiger partial charge on any atom is -0.505 e. The zero-order chi connectivity index (χ0) is 30.5. The maximum atomic E-state index is 12.3. The highest BCUT2D eigenvalue weighted by atomic mass is 32.2. The lowest BCUT2D eigenvalue weighted by Gasteiger charge is -2.23. The molecule has 0 fully saturated rings. The van der Waals surface area contributed by atoms with Crippen LogP contribution >= 0.6 is 0 Å². The van der Waals surface area contributed by atoms with Crippen molar-refractivity contribution in [2.24, 2.45) is 10.2 Å². The molecule has 4 aromatic carbocycles. The normalized spacial score (nSPS) is 12.8. The summed E-state index contributed by atoms with van der Waals surface area (Å²) in [5.41, 5.74) is 0.813. The SMILES string of the molecule is CNN(C(C)=O)c1ccc(S(=O)(=O)O)c2cc(S(=O)(=O)O)c(N=Nc3ccc4ccccc4c3S(=O)(=O)O)c(O)c12. The molecular formula is C23H20N4O11S3. The number of anilines is 1. The van der Waals surface area contributed by atoms with E-state index < -0.39 is 78.8 Å². The van der Waals surface area contributed by atoms with Crippen molar-refractivity contribution in [2.45, 2.75) is 21.6 Å². The van der Waals surface area contributed by atoms with Crippen LogP contribution < -0.4 is 10.4 Å². The number of azo groups is 1. The predicted octanol–water partition coefficient (Wildman–Crippen LogP) is 3.34. The Kier molecular flexibility index (Phi) is 7.60. The lowest BCUT2D eigenvalue weighted by molar-refractivity contribution is -0.117. The van der Waals surface area contributed by atoms with E-state index in [1.807, 2.05) is 0 Å². The van der Waals surface area contributed by atoms with Gasteiger partial charge in [0.05, 0.1) is 11.1 Å². The summed E-state index contributed by atoms with van der Waals surface area (Å²) in [5.74, 6) is -1.78. The summed E-state index contributed by atoms with van der Waals surface area (Å²) in [5, 5.41) is 18.8. The van der Waals surface area contributed by atoms with Crippen molar-refractivity contribution in [3.8, 4) is 5.75 Å². The third kappa shape index (κ3) is 5.61. The van der Waals surface area contributed by atoms with E-state index in [1.54, 1.807) is 12.1 Å². The largest absolute Gasteiger partial charge is 0.505 e. The lowest BCUT2D eigenvalue weighted by atomic mass is 10.1. The van der Waals surface area contributed by atoms with E-state index in [0.29, 0.717) is 11.5 Å². The Morgan fingerprint density at radius 3 is 2.00 bits per heavy atom. The molecule has 0 radical (unpaired) electrons. The van der Waals surface area contributed by atoms with Gasteiger partial charge < -0.3 is 5.11 Å². The Hall–Kier alpha value is -4.04. The molecule has 1 amide bonds. The fourth-order valence-corrected chi connectivity index (χ4v) is 6.42. The van der Waals surface area contributed by atoms with Gasteiger partial charge in [-0.15, -0.1) is 10.2 Å². The van der Waals surface area contributed by atoms with Gasteiger partial charge in [0.2, 0.25) is 5.91 Å². The van der Waals surface area contributed by atoms with Gasteiger partial charge >= 0.3 is 0 Å². The number of fused-ring (bicyclic) bond motifs is 2. The van der Waals surface area contributed by atoms with Gasteiger partial charge in [0.15, 0.2) is 5.75 Å². The Balaban J connectivity index is 2.15. The van der Waals surface area contributed by atoms with Gasteiger partial charge in [-0.25, -0.2) is 10.4 Å². The van der Waals surface area contributed by atoms with Crippen LogP contribution in [0.1, 0.15) is 6.92 Å². The summed E-state index contributed by atoms with van der Waals surface area (Å²) in [6.45, 7) is 1.11. The highest BCUT2D eigenvalue weighted by Crippen LogP contribution is 2.47. The van der Waals surface area contributed by atoms with Gasteiger partial charge in [-0.3, -0.25) is 18.5 Å². The van der Waals surface area contributed by atoms with Gasteiger partial charge in [-0.1, -0.05) is 30.3 Å². The van der Waals surface area contributed by atoms with Crippen LogP contribution in [-0.2, 0) is 35.1 Å². The monoisotopic (exact) mass is 624 g/mol. The van der Waals surface area contributed by atoms with Crippen molar-refractivity contribution in [3.05, 3.63) is 54.6 Å². The fraction of sp³-hybridized carbons (Fsp3) is 0.0870. The zero-order valence-electron chi connectivity index (χ0n) is 20.9. The second-order valence-electron chi connectivity index (χ2n) is 8.42. The number of phenols is 1. The van der Waals surface area contributed by atoms with Crippen molar-refractivity contribution in [2.75, 3.05) is 12.1 Å². The van der Waals surface area contributed by atoms with Crippen LogP contribution in [0.25, 0.3) is 21.5 Å². The average Bonchev–Trinajstić information content (AvgIpc) is 2.85. The van der Waals surface area contributed by atoms with Crippen LogP contribution in [0.3, 0.4) is 0 Å². The lowest BCUT2D eigenvalue weighted by Crippen LogP contribution is -2.39. The number of amides is 1.